The molecule has 2 N–H and O–H groups in total. The van der Waals surface area contributed by atoms with Crippen LogP contribution in [0.2, 0.25) is 0 Å². The van der Waals surface area contributed by atoms with Crippen molar-refractivity contribution >= 4 is 28.6 Å². The second kappa shape index (κ2) is 9.06. The second-order valence-corrected chi connectivity index (χ2v) is 8.71. The molecule has 4 nitrogen and oxygen atoms in total. The zero-order valence-electron chi connectivity index (χ0n) is 16.7. The molecule has 1 aliphatic carbocycles. The van der Waals surface area contributed by atoms with Crippen LogP contribution in [-0.4, -0.2) is 35.5 Å². The fourth-order valence-corrected chi connectivity index (χ4v) is 5.26. The molecule has 2 aromatic carbocycles. The van der Waals surface area contributed by atoms with Crippen LogP contribution >= 0.6 is 11.8 Å². The molecule has 152 valence electrons. The number of benzene rings is 2. The number of thioether (sulfide) groups is 1. The summed E-state index contributed by atoms with van der Waals surface area (Å²) in [5, 5.41) is 10.5. The van der Waals surface area contributed by atoms with E-state index in [0.29, 0.717) is 17.2 Å². The number of aromatic amines is 1. The van der Waals surface area contributed by atoms with Crippen LogP contribution in [0.5, 0.6) is 0 Å². The highest BCUT2D eigenvalue weighted by molar-refractivity contribution is 7.99. The van der Waals surface area contributed by atoms with E-state index in [9.17, 15) is 9.90 Å². The van der Waals surface area contributed by atoms with Crippen molar-refractivity contribution in [2.75, 3.05) is 19.5 Å². The van der Waals surface area contributed by atoms with Gasteiger partial charge in [0.15, 0.2) is 0 Å². The van der Waals surface area contributed by atoms with Gasteiger partial charge in [0.25, 0.3) is 0 Å². The molecule has 1 aliphatic rings. The zero-order valence-corrected chi connectivity index (χ0v) is 17.6. The van der Waals surface area contributed by atoms with Crippen molar-refractivity contribution in [3.63, 3.8) is 0 Å². The second-order valence-electron chi connectivity index (χ2n) is 7.57. The molecular weight excluding hydrogens is 382 g/mol. The third-order valence-corrected chi connectivity index (χ3v) is 6.83. The number of carbonyl (C=O) groups excluding carboxylic acids is 1. The van der Waals surface area contributed by atoms with E-state index in [1.54, 1.807) is 11.8 Å². The molecule has 1 aromatic heterocycles. The highest BCUT2D eigenvalue weighted by atomic mass is 32.2. The van der Waals surface area contributed by atoms with Crippen LogP contribution < -0.4 is 0 Å². The predicted octanol–water partition coefficient (Wildman–Crippen LogP) is 5.75. The van der Waals surface area contributed by atoms with E-state index in [1.807, 2.05) is 18.2 Å². The van der Waals surface area contributed by atoms with Gasteiger partial charge in [0.2, 0.25) is 0 Å². The minimum Gasteiger partial charge on any atom is -0.465 e. The van der Waals surface area contributed by atoms with Crippen LogP contribution in [0.3, 0.4) is 0 Å². The van der Waals surface area contributed by atoms with Gasteiger partial charge in [0, 0.05) is 27.1 Å². The molecule has 0 unspecified atom stereocenters. The number of nitrogens with one attached hydrogen (secondary N) is 1. The number of hydrogen-bond acceptors (Lipinski definition) is 4. The number of aromatic nitrogens is 1. The summed E-state index contributed by atoms with van der Waals surface area (Å²) in [6.07, 6.45) is 6.23. The molecule has 1 fully saturated rings. The van der Waals surface area contributed by atoms with E-state index in [4.69, 9.17) is 4.74 Å². The average Bonchev–Trinajstić information content (AvgIpc) is 3.16. The van der Waals surface area contributed by atoms with E-state index in [0.717, 1.165) is 11.2 Å². The standard InChI is InChI=1S/C24H27NO3S/c1-28-24(27)17-11-12-18-20(15-17)25-23(22(18)16-7-3-2-4-8-16)19-9-5-6-10-21(19)29-14-13-26/h5-6,9-12,15-16,25-26H,2-4,7-8,13-14H2,1H3. The highest BCUT2D eigenvalue weighted by Gasteiger charge is 2.25. The Bertz CT molecular complexity index is 1000. The highest BCUT2D eigenvalue weighted by Crippen LogP contribution is 2.44. The van der Waals surface area contributed by atoms with Crippen LogP contribution in [0.4, 0.5) is 0 Å². The number of methoxy groups -OCH3 is 1. The third-order valence-electron chi connectivity index (χ3n) is 5.78. The van der Waals surface area contributed by atoms with Gasteiger partial charge in [0.05, 0.1) is 25.0 Å². The molecule has 0 aliphatic heterocycles. The maximum atomic E-state index is 12.0. The first-order valence-corrected chi connectivity index (χ1v) is 11.3. The van der Waals surface area contributed by atoms with Gasteiger partial charge >= 0.3 is 5.97 Å². The molecule has 0 saturated heterocycles. The van der Waals surface area contributed by atoms with Crippen molar-refractivity contribution in [3.8, 4) is 11.3 Å². The van der Waals surface area contributed by atoms with Gasteiger partial charge in [-0.15, -0.1) is 11.8 Å². The monoisotopic (exact) mass is 409 g/mol. The Kier molecular flexibility index (Phi) is 6.26. The minimum absolute atomic E-state index is 0.156. The summed E-state index contributed by atoms with van der Waals surface area (Å²) in [5.74, 6) is 0.871. The molecular formula is C24H27NO3S. The van der Waals surface area contributed by atoms with Crippen molar-refractivity contribution in [1.29, 1.82) is 0 Å². The molecule has 4 rings (SSSR count). The van der Waals surface area contributed by atoms with Crippen LogP contribution in [0, 0.1) is 0 Å². The van der Waals surface area contributed by atoms with E-state index < -0.39 is 0 Å². The molecule has 29 heavy (non-hydrogen) atoms. The van der Waals surface area contributed by atoms with Crippen LogP contribution in [-0.2, 0) is 4.74 Å². The molecule has 1 heterocycles. The molecule has 0 bridgehead atoms. The van der Waals surface area contributed by atoms with Gasteiger partial charge in [-0.1, -0.05) is 43.5 Å². The summed E-state index contributed by atoms with van der Waals surface area (Å²) in [5.41, 5.74) is 5.22. The van der Waals surface area contributed by atoms with Crippen molar-refractivity contribution in [2.24, 2.45) is 0 Å². The third kappa shape index (κ3) is 4.07. The van der Waals surface area contributed by atoms with E-state index >= 15 is 0 Å². The van der Waals surface area contributed by atoms with Crippen molar-refractivity contribution in [1.82, 2.24) is 4.98 Å². The number of ether oxygens (including phenoxy) is 1. The zero-order chi connectivity index (χ0) is 20.2. The molecule has 5 heteroatoms. The van der Waals surface area contributed by atoms with Gasteiger partial charge in [-0.2, -0.15) is 0 Å². The Balaban J connectivity index is 1.89. The molecule has 0 amide bonds. The fourth-order valence-electron chi connectivity index (χ4n) is 4.45. The number of aliphatic hydroxyl groups excluding tert-OH is 1. The van der Waals surface area contributed by atoms with E-state index in [1.165, 1.54) is 60.6 Å². The van der Waals surface area contributed by atoms with E-state index in [-0.39, 0.29) is 12.6 Å². The SMILES string of the molecule is COC(=O)c1ccc2c(C3CCCCC3)c(-c3ccccc3SCCO)[nH]c2c1. The largest absolute Gasteiger partial charge is 0.465 e. The Hall–Kier alpha value is -2.24. The van der Waals surface area contributed by atoms with Crippen LogP contribution in [0.1, 0.15) is 53.9 Å². The first-order valence-electron chi connectivity index (χ1n) is 10.3. The van der Waals surface area contributed by atoms with Gasteiger partial charge in [-0.3, -0.25) is 0 Å². The minimum atomic E-state index is -0.318. The lowest BCUT2D eigenvalue weighted by molar-refractivity contribution is 0.0601. The van der Waals surface area contributed by atoms with Gasteiger partial charge in [0.1, 0.15) is 0 Å². The first kappa shape index (κ1) is 20.0. The summed E-state index contributed by atoms with van der Waals surface area (Å²) < 4.78 is 4.91. The lowest BCUT2D eigenvalue weighted by Crippen LogP contribution is -2.05. The summed E-state index contributed by atoms with van der Waals surface area (Å²) >= 11 is 1.67. The summed E-state index contributed by atoms with van der Waals surface area (Å²) in [6.45, 7) is 0.156. The van der Waals surface area contributed by atoms with Crippen LogP contribution in [0.25, 0.3) is 22.2 Å². The maximum absolute atomic E-state index is 12.0. The lowest BCUT2D eigenvalue weighted by Gasteiger charge is -2.23. The number of H-pyrrole nitrogens is 1. The molecule has 0 radical (unpaired) electrons. The quantitative estimate of drug-likeness (QED) is 0.402. The predicted molar refractivity (Wildman–Crippen MR) is 119 cm³/mol. The summed E-state index contributed by atoms with van der Waals surface area (Å²) in [4.78, 5) is 16.8. The smallest absolute Gasteiger partial charge is 0.337 e. The number of rotatable bonds is 6. The number of esters is 1. The van der Waals surface area contributed by atoms with E-state index in [2.05, 4.69) is 29.2 Å². The number of hydrogen-bond donors (Lipinski definition) is 2. The Morgan fingerprint density at radius 1 is 1.17 bits per heavy atom. The molecule has 1 saturated carbocycles. The first-order chi connectivity index (χ1) is 14.2. The van der Waals surface area contributed by atoms with Gasteiger partial charge < -0.3 is 14.8 Å². The normalized spacial score (nSPS) is 15.0. The average molecular weight is 410 g/mol. The Labute approximate surface area is 175 Å². The Morgan fingerprint density at radius 2 is 1.97 bits per heavy atom. The van der Waals surface area contributed by atoms with Crippen molar-refractivity contribution < 1.29 is 14.6 Å². The molecule has 0 atom stereocenters. The topological polar surface area (TPSA) is 62.3 Å². The van der Waals surface area contributed by atoms with Gasteiger partial charge in [-0.05, 0) is 42.5 Å². The summed E-state index contributed by atoms with van der Waals surface area (Å²) in [7, 11) is 1.41. The molecule has 0 spiro atoms. The fraction of sp³-hybridized carbons (Fsp3) is 0.375. The Morgan fingerprint density at radius 3 is 2.72 bits per heavy atom. The number of fused-ring (bicyclic) bond motifs is 1. The van der Waals surface area contributed by atoms with Gasteiger partial charge in [-0.25, -0.2) is 4.79 Å². The maximum Gasteiger partial charge on any atom is 0.337 e. The van der Waals surface area contributed by atoms with Crippen LogP contribution in [0.15, 0.2) is 47.4 Å². The number of aliphatic hydroxyl groups is 1. The number of carbonyl (C=O) groups is 1. The molecule has 3 aromatic rings. The lowest BCUT2D eigenvalue weighted by atomic mass is 9.82. The van der Waals surface area contributed by atoms with Crippen molar-refractivity contribution in [3.05, 3.63) is 53.6 Å². The summed E-state index contributed by atoms with van der Waals surface area (Å²) in [6, 6.07) is 14.2. The van der Waals surface area contributed by atoms with Crippen molar-refractivity contribution in [2.45, 2.75) is 42.9 Å².